The lowest BCUT2D eigenvalue weighted by atomic mass is 9.91. The van der Waals surface area contributed by atoms with Crippen LogP contribution in [0.3, 0.4) is 0 Å². The van der Waals surface area contributed by atoms with E-state index in [-0.39, 0.29) is 34.1 Å². The minimum Gasteiger partial charge on any atom is -0.494 e. The molecule has 0 radical (unpaired) electrons. The number of nitro benzene ring substituents is 2. The zero-order chi connectivity index (χ0) is 30.9. The number of nitrogens with zero attached hydrogens (tertiary/aromatic N) is 5. The summed E-state index contributed by atoms with van der Waals surface area (Å²) in [6.07, 6.45) is 1.39. The lowest BCUT2D eigenvalue weighted by molar-refractivity contribution is -0.393. The second kappa shape index (κ2) is 14.5. The van der Waals surface area contributed by atoms with Gasteiger partial charge in [-0.1, -0.05) is 13.8 Å². The molecule has 0 aromatic heterocycles. The van der Waals surface area contributed by atoms with Crippen molar-refractivity contribution in [3.63, 3.8) is 0 Å². The predicted molar refractivity (Wildman–Crippen MR) is 156 cm³/mol. The Kier molecular flexibility index (Phi) is 11.7. The Hall–Kier alpha value is -4.14. The number of carbonyl (C=O) groups excluding carboxylic acids is 2. The number of non-ortho nitro benzene ring substituents is 1. The second-order valence-electron chi connectivity index (χ2n) is 9.59. The van der Waals surface area contributed by atoms with Gasteiger partial charge in [-0.05, 0) is 48.7 Å². The summed E-state index contributed by atoms with van der Waals surface area (Å²) in [7, 11) is 1.45. The number of rotatable bonds is 14. The number of hydrogen-bond donors (Lipinski definition) is 1. The molecule has 0 saturated carbocycles. The van der Waals surface area contributed by atoms with Crippen LogP contribution in [0.2, 0.25) is 0 Å². The largest absolute Gasteiger partial charge is 0.494 e. The molecular formula is C26H33BrN6O8. The normalized spacial score (nSPS) is 11.3. The molecule has 2 rings (SSSR count). The number of methoxy groups -OCH3 is 1. The highest BCUT2D eigenvalue weighted by Gasteiger charge is 2.27. The zero-order valence-corrected chi connectivity index (χ0v) is 25.3. The molecular weight excluding hydrogens is 604 g/mol. The lowest BCUT2D eigenvalue weighted by Gasteiger charge is -2.28. The number of hydrogen-bond acceptors (Lipinski definition) is 11. The van der Waals surface area contributed by atoms with E-state index in [1.54, 1.807) is 6.07 Å². The van der Waals surface area contributed by atoms with Crippen molar-refractivity contribution >= 4 is 61.9 Å². The Balaban J connectivity index is 2.54. The van der Waals surface area contributed by atoms with Gasteiger partial charge in [-0.3, -0.25) is 29.8 Å². The standard InChI is InChI=1S/C26H33BrN6O8/c1-7-9-31(10-11-41-25(35)26(4,5)8-2)21-14-19(28-16(3)34)20(15-23(21)40-6)29-30-24-18(27)12-17(32(36)37)13-22(24)33(38)39/h12-15H,7-11H2,1-6H3,(H,28,34). The molecule has 0 spiro atoms. The van der Waals surface area contributed by atoms with E-state index in [0.29, 0.717) is 30.9 Å². The van der Waals surface area contributed by atoms with Crippen LogP contribution >= 0.6 is 15.9 Å². The molecule has 0 fully saturated rings. The molecule has 0 aliphatic carbocycles. The van der Waals surface area contributed by atoms with Crippen LogP contribution in [0, 0.1) is 25.6 Å². The number of carbonyl (C=O) groups is 2. The highest BCUT2D eigenvalue weighted by Crippen LogP contribution is 2.43. The molecule has 14 nitrogen and oxygen atoms in total. The van der Waals surface area contributed by atoms with E-state index in [4.69, 9.17) is 9.47 Å². The van der Waals surface area contributed by atoms with E-state index in [1.165, 1.54) is 20.1 Å². The van der Waals surface area contributed by atoms with Crippen molar-refractivity contribution in [1.82, 2.24) is 0 Å². The molecule has 0 aliphatic heterocycles. The van der Waals surface area contributed by atoms with E-state index in [0.717, 1.165) is 18.6 Å². The van der Waals surface area contributed by atoms with Gasteiger partial charge in [-0.15, -0.1) is 10.2 Å². The van der Waals surface area contributed by atoms with Gasteiger partial charge in [0.25, 0.3) is 5.69 Å². The average Bonchev–Trinajstić information content (AvgIpc) is 2.91. The van der Waals surface area contributed by atoms with Crippen LogP contribution in [0.1, 0.15) is 47.5 Å². The van der Waals surface area contributed by atoms with Crippen molar-refractivity contribution in [3.05, 3.63) is 49.0 Å². The van der Waals surface area contributed by atoms with Crippen molar-refractivity contribution in [1.29, 1.82) is 0 Å². The molecule has 0 bridgehead atoms. The Morgan fingerprint density at radius 2 is 1.76 bits per heavy atom. The first-order chi connectivity index (χ1) is 19.2. The first-order valence-corrected chi connectivity index (χ1v) is 13.5. The van der Waals surface area contributed by atoms with Crippen molar-refractivity contribution in [3.8, 4) is 5.75 Å². The van der Waals surface area contributed by atoms with Crippen molar-refractivity contribution in [2.45, 2.75) is 47.5 Å². The fraction of sp³-hybridized carbons (Fsp3) is 0.462. The molecule has 41 heavy (non-hydrogen) atoms. The molecule has 0 heterocycles. The van der Waals surface area contributed by atoms with Crippen LogP contribution in [-0.4, -0.2) is 48.5 Å². The third kappa shape index (κ3) is 8.67. The minimum atomic E-state index is -0.804. The first-order valence-electron chi connectivity index (χ1n) is 12.7. The predicted octanol–water partition coefficient (Wildman–Crippen LogP) is 6.84. The second-order valence-corrected chi connectivity index (χ2v) is 10.4. The van der Waals surface area contributed by atoms with Crippen LogP contribution in [0.5, 0.6) is 5.75 Å². The van der Waals surface area contributed by atoms with Crippen molar-refractivity contribution < 1.29 is 28.9 Å². The number of amides is 1. The molecule has 2 aromatic rings. The van der Waals surface area contributed by atoms with Gasteiger partial charge in [0, 0.05) is 25.6 Å². The van der Waals surface area contributed by atoms with E-state index in [2.05, 4.69) is 31.5 Å². The maximum atomic E-state index is 12.4. The molecule has 0 unspecified atom stereocenters. The van der Waals surface area contributed by atoms with Crippen LogP contribution in [-0.2, 0) is 14.3 Å². The summed E-state index contributed by atoms with van der Waals surface area (Å²) in [6.45, 7) is 9.89. The highest BCUT2D eigenvalue weighted by molar-refractivity contribution is 9.10. The third-order valence-electron chi connectivity index (χ3n) is 6.17. The Morgan fingerprint density at radius 3 is 2.29 bits per heavy atom. The number of benzene rings is 2. The van der Waals surface area contributed by atoms with Crippen molar-refractivity contribution in [2.75, 3.05) is 37.0 Å². The summed E-state index contributed by atoms with van der Waals surface area (Å²) >= 11 is 3.09. The number of nitrogens with one attached hydrogen (secondary N) is 1. The van der Waals surface area contributed by atoms with E-state index in [9.17, 15) is 29.8 Å². The number of anilines is 2. The molecule has 0 saturated heterocycles. The molecule has 0 atom stereocenters. The van der Waals surface area contributed by atoms with Crippen LogP contribution in [0.4, 0.5) is 34.1 Å². The first kappa shape index (κ1) is 33.1. The van der Waals surface area contributed by atoms with Crippen LogP contribution in [0.15, 0.2) is 39.0 Å². The maximum absolute atomic E-state index is 12.4. The van der Waals surface area contributed by atoms with E-state index in [1.807, 2.05) is 32.6 Å². The number of esters is 1. The van der Waals surface area contributed by atoms with Gasteiger partial charge < -0.3 is 19.7 Å². The van der Waals surface area contributed by atoms with E-state index < -0.39 is 32.5 Å². The smallest absolute Gasteiger partial charge is 0.311 e. The summed E-state index contributed by atoms with van der Waals surface area (Å²) in [6, 6.07) is 5.00. The monoisotopic (exact) mass is 636 g/mol. The molecule has 1 N–H and O–H groups in total. The van der Waals surface area contributed by atoms with Gasteiger partial charge >= 0.3 is 11.7 Å². The summed E-state index contributed by atoms with van der Waals surface area (Å²) < 4.78 is 11.1. The summed E-state index contributed by atoms with van der Waals surface area (Å²) in [5, 5.41) is 33.5. The van der Waals surface area contributed by atoms with Gasteiger partial charge in [-0.25, -0.2) is 0 Å². The van der Waals surface area contributed by atoms with Gasteiger partial charge in [0.2, 0.25) is 5.91 Å². The average molecular weight is 637 g/mol. The van der Waals surface area contributed by atoms with Gasteiger partial charge in [-0.2, -0.15) is 0 Å². The van der Waals surface area contributed by atoms with Gasteiger partial charge in [0.15, 0.2) is 5.69 Å². The molecule has 2 aromatic carbocycles. The van der Waals surface area contributed by atoms with Crippen molar-refractivity contribution in [2.24, 2.45) is 15.6 Å². The minimum absolute atomic E-state index is 0.0123. The number of ether oxygens (including phenoxy) is 2. The molecule has 0 aliphatic rings. The number of halogens is 1. The summed E-state index contributed by atoms with van der Waals surface area (Å²) in [5.74, 6) is -0.346. The zero-order valence-electron chi connectivity index (χ0n) is 23.7. The Labute approximate surface area is 245 Å². The van der Waals surface area contributed by atoms with E-state index >= 15 is 0 Å². The van der Waals surface area contributed by atoms with Gasteiger partial charge in [0.1, 0.15) is 18.0 Å². The Morgan fingerprint density at radius 1 is 1.07 bits per heavy atom. The summed E-state index contributed by atoms with van der Waals surface area (Å²) in [5.41, 5.74) is -1.03. The van der Waals surface area contributed by atoms with Gasteiger partial charge in [0.05, 0.1) is 50.8 Å². The van der Waals surface area contributed by atoms with Crippen LogP contribution in [0.25, 0.3) is 0 Å². The third-order valence-corrected chi connectivity index (χ3v) is 6.77. The SMILES string of the molecule is CCCN(CCOC(=O)C(C)(C)CC)c1cc(NC(C)=O)c(N=Nc2c(Br)cc([N+](=O)[O-])cc2[N+](=O)[O-])cc1OC. The highest BCUT2D eigenvalue weighted by atomic mass is 79.9. The molecule has 222 valence electrons. The lowest BCUT2D eigenvalue weighted by Crippen LogP contribution is -2.32. The maximum Gasteiger partial charge on any atom is 0.311 e. The number of nitro groups is 2. The van der Waals surface area contributed by atoms with Crippen LogP contribution < -0.4 is 15.0 Å². The summed E-state index contributed by atoms with van der Waals surface area (Å²) in [4.78, 5) is 47.6. The molecule has 1 amide bonds. The molecule has 15 heteroatoms. The Bertz CT molecular complexity index is 1350. The fourth-order valence-corrected chi connectivity index (χ4v) is 4.09. The number of azo groups is 1. The fourth-order valence-electron chi connectivity index (χ4n) is 3.57. The topological polar surface area (TPSA) is 179 Å². The quantitative estimate of drug-likeness (QED) is 0.100.